The van der Waals surface area contributed by atoms with E-state index in [1.807, 2.05) is 0 Å². The van der Waals surface area contributed by atoms with E-state index in [1.54, 1.807) is 0 Å². The van der Waals surface area contributed by atoms with Crippen molar-refractivity contribution in [3.63, 3.8) is 0 Å². The zero-order valence-electron chi connectivity index (χ0n) is 16.0. The summed E-state index contributed by atoms with van der Waals surface area (Å²) in [6.07, 6.45) is 9.45. The van der Waals surface area contributed by atoms with Crippen LogP contribution in [0.1, 0.15) is 107 Å². The zero-order chi connectivity index (χ0) is 16.0. The van der Waals surface area contributed by atoms with Crippen molar-refractivity contribution in [2.75, 3.05) is 0 Å². The Hall–Kier alpha value is 0. The highest BCUT2D eigenvalue weighted by atomic mass is 14.5. The summed E-state index contributed by atoms with van der Waals surface area (Å²) in [6.45, 7) is 22.0. The topological polar surface area (TPSA) is 0 Å². The van der Waals surface area contributed by atoms with Crippen molar-refractivity contribution in [2.24, 2.45) is 22.2 Å². The molecule has 0 aromatic heterocycles. The molecule has 122 valence electrons. The Bertz CT molecular complexity index is 256. The van der Waals surface area contributed by atoms with Gasteiger partial charge in [0.2, 0.25) is 0 Å². The van der Waals surface area contributed by atoms with Gasteiger partial charge in [0.15, 0.2) is 0 Å². The molecule has 0 amide bonds. The average Bonchev–Trinajstić information content (AvgIpc) is 2.31. The van der Waals surface area contributed by atoms with Gasteiger partial charge in [0.05, 0.1) is 0 Å². The first-order chi connectivity index (χ1) is 9.06. The second-order valence-electron chi connectivity index (χ2n) is 8.94. The van der Waals surface area contributed by atoms with E-state index in [1.165, 1.54) is 44.9 Å². The molecule has 0 saturated heterocycles. The highest BCUT2D eigenvalue weighted by Crippen LogP contribution is 2.57. The summed E-state index contributed by atoms with van der Waals surface area (Å²) >= 11 is 0. The van der Waals surface area contributed by atoms with E-state index in [4.69, 9.17) is 0 Å². The van der Waals surface area contributed by atoms with Crippen LogP contribution in [0.5, 0.6) is 0 Å². The fourth-order valence-electron chi connectivity index (χ4n) is 4.46. The Morgan fingerprint density at radius 1 is 0.800 bits per heavy atom. The maximum absolute atomic E-state index is 2.55. The lowest BCUT2D eigenvalue weighted by Crippen LogP contribution is -2.45. The molecule has 0 N–H and O–H groups in total. The molecule has 0 aliphatic heterocycles. The predicted octanol–water partition coefficient (Wildman–Crippen LogP) is 7.47. The van der Waals surface area contributed by atoms with Crippen LogP contribution in [0.2, 0.25) is 0 Å². The predicted molar refractivity (Wildman–Crippen MR) is 94.2 cm³/mol. The fraction of sp³-hybridized carbons (Fsp3) is 1.00. The minimum Gasteiger partial charge on any atom is -0.0654 e. The van der Waals surface area contributed by atoms with Gasteiger partial charge in [-0.05, 0) is 41.4 Å². The van der Waals surface area contributed by atoms with Crippen molar-refractivity contribution in [3.05, 3.63) is 0 Å². The molecule has 0 heterocycles. The minimum absolute atomic E-state index is 0.419. The SMILES string of the molecule is CCCCC(CC(C)(C)C)(C(C)CC)C(C)(C)CCC. The molecule has 0 aromatic rings. The van der Waals surface area contributed by atoms with Crippen molar-refractivity contribution in [1.82, 2.24) is 0 Å². The van der Waals surface area contributed by atoms with Crippen LogP contribution in [0, 0.1) is 22.2 Å². The third kappa shape index (κ3) is 5.08. The molecule has 0 spiro atoms. The highest BCUT2D eigenvalue weighted by molar-refractivity contribution is 4.98. The van der Waals surface area contributed by atoms with Gasteiger partial charge in [0, 0.05) is 0 Å². The van der Waals surface area contributed by atoms with Crippen molar-refractivity contribution in [1.29, 1.82) is 0 Å². The standard InChI is InChI=1S/C20H42/c1-10-13-15-20(17(4)12-3,16-18(5,6)7)19(8,9)14-11-2/h17H,10-16H2,1-9H3. The summed E-state index contributed by atoms with van der Waals surface area (Å²) in [5, 5.41) is 0. The first-order valence-electron chi connectivity index (χ1n) is 9.06. The Morgan fingerprint density at radius 2 is 1.35 bits per heavy atom. The maximum atomic E-state index is 2.55. The van der Waals surface area contributed by atoms with E-state index in [0.717, 1.165) is 5.92 Å². The molecule has 0 heteroatoms. The van der Waals surface area contributed by atoms with E-state index in [0.29, 0.717) is 16.2 Å². The molecule has 0 bridgehead atoms. The second-order valence-corrected chi connectivity index (χ2v) is 8.94. The molecule has 0 rings (SSSR count). The molecule has 0 aliphatic carbocycles. The first-order valence-corrected chi connectivity index (χ1v) is 9.06. The van der Waals surface area contributed by atoms with E-state index in [2.05, 4.69) is 62.3 Å². The minimum atomic E-state index is 0.419. The zero-order valence-corrected chi connectivity index (χ0v) is 16.0. The van der Waals surface area contributed by atoms with Gasteiger partial charge in [-0.25, -0.2) is 0 Å². The summed E-state index contributed by atoms with van der Waals surface area (Å²) in [7, 11) is 0. The molecule has 2 unspecified atom stereocenters. The van der Waals surface area contributed by atoms with Crippen LogP contribution in [0.15, 0.2) is 0 Å². The molecular weight excluding hydrogens is 240 g/mol. The summed E-state index contributed by atoms with van der Waals surface area (Å²) < 4.78 is 0. The Morgan fingerprint density at radius 3 is 1.70 bits per heavy atom. The lowest BCUT2D eigenvalue weighted by atomic mass is 9.51. The van der Waals surface area contributed by atoms with Gasteiger partial charge in [-0.2, -0.15) is 0 Å². The second kappa shape index (κ2) is 7.85. The average molecular weight is 283 g/mol. The quantitative estimate of drug-likeness (QED) is 0.411. The van der Waals surface area contributed by atoms with E-state index < -0.39 is 0 Å². The molecule has 2 atom stereocenters. The Labute approximate surface area is 130 Å². The van der Waals surface area contributed by atoms with Gasteiger partial charge in [-0.1, -0.05) is 88.0 Å². The van der Waals surface area contributed by atoms with Crippen LogP contribution >= 0.6 is 0 Å². The van der Waals surface area contributed by atoms with Gasteiger partial charge < -0.3 is 0 Å². The monoisotopic (exact) mass is 282 g/mol. The van der Waals surface area contributed by atoms with Gasteiger partial charge in [0.25, 0.3) is 0 Å². The molecule has 0 saturated carbocycles. The van der Waals surface area contributed by atoms with Crippen LogP contribution in [0.4, 0.5) is 0 Å². The number of hydrogen-bond acceptors (Lipinski definition) is 0. The highest BCUT2D eigenvalue weighted by Gasteiger charge is 2.48. The molecule has 0 aliphatic rings. The lowest BCUT2D eigenvalue weighted by molar-refractivity contribution is -0.0459. The molecule has 0 aromatic carbocycles. The maximum Gasteiger partial charge on any atom is -0.0216 e. The van der Waals surface area contributed by atoms with Crippen LogP contribution in [-0.4, -0.2) is 0 Å². The normalized spacial score (nSPS) is 17.9. The van der Waals surface area contributed by atoms with Gasteiger partial charge in [-0.15, -0.1) is 0 Å². The van der Waals surface area contributed by atoms with Crippen LogP contribution in [0.25, 0.3) is 0 Å². The van der Waals surface area contributed by atoms with E-state index >= 15 is 0 Å². The lowest BCUT2D eigenvalue weighted by Gasteiger charge is -2.54. The fourth-order valence-corrected chi connectivity index (χ4v) is 4.46. The summed E-state index contributed by atoms with van der Waals surface area (Å²) in [5.74, 6) is 0.815. The number of rotatable bonds is 9. The van der Waals surface area contributed by atoms with Gasteiger partial charge in [-0.3, -0.25) is 0 Å². The number of unbranched alkanes of at least 4 members (excludes halogenated alkanes) is 1. The molecular formula is C20H42. The number of hydrogen-bond donors (Lipinski definition) is 0. The largest absolute Gasteiger partial charge is 0.0654 e. The Kier molecular flexibility index (Phi) is 7.85. The van der Waals surface area contributed by atoms with Crippen LogP contribution < -0.4 is 0 Å². The van der Waals surface area contributed by atoms with E-state index in [-0.39, 0.29) is 0 Å². The van der Waals surface area contributed by atoms with Crippen molar-refractivity contribution in [2.45, 2.75) is 107 Å². The third-order valence-electron chi connectivity index (χ3n) is 5.60. The smallest absolute Gasteiger partial charge is 0.0216 e. The third-order valence-corrected chi connectivity index (χ3v) is 5.60. The molecule has 0 fully saturated rings. The molecule has 0 nitrogen and oxygen atoms in total. The van der Waals surface area contributed by atoms with Crippen molar-refractivity contribution in [3.8, 4) is 0 Å². The van der Waals surface area contributed by atoms with Gasteiger partial charge >= 0.3 is 0 Å². The molecule has 0 radical (unpaired) electrons. The summed E-state index contributed by atoms with van der Waals surface area (Å²) in [5.41, 5.74) is 1.35. The van der Waals surface area contributed by atoms with Crippen LogP contribution in [0.3, 0.4) is 0 Å². The summed E-state index contributed by atoms with van der Waals surface area (Å²) in [6, 6.07) is 0. The Balaban J connectivity index is 5.64. The first kappa shape index (κ1) is 20.0. The van der Waals surface area contributed by atoms with Crippen molar-refractivity contribution < 1.29 is 0 Å². The summed E-state index contributed by atoms with van der Waals surface area (Å²) in [4.78, 5) is 0. The van der Waals surface area contributed by atoms with Crippen LogP contribution in [-0.2, 0) is 0 Å². The van der Waals surface area contributed by atoms with E-state index in [9.17, 15) is 0 Å². The van der Waals surface area contributed by atoms with Gasteiger partial charge in [0.1, 0.15) is 0 Å². The van der Waals surface area contributed by atoms with Crippen molar-refractivity contribution >= 4 is 0 Å². The molecule has 20 heavy (non-hydrogen) atoms.